The number of carbonyl (C=O) groups is 2. The van der Waals surface area contributed by atoms with Crippen molar-refractivity contribution in [3.63, 3.8) is 0 Å². The highest BCUT2D eigenvalue weighted by Gasteiger charge is 2.31. The number of carbonyl (C=O) groups excluding carboxylic acids is 2. The van der Waals surface area contributed by atoms with Gasteiger partial charge in [0.2, 0.25) is 0 Å². The van der Waals surface area contributed by atoms with E-state index < -0.39 is 11.9 Å². The molecule has 0 amide bonds. The summed E-state index contributed by atoms with van der Waals surface area (Å²) in [7, 11) is 2.22. The summed E-state index contributed by atoms with van der Waals surface area (Å²) in [6.45, 7) is 4.36. The first-order valence-corrected chi connectivity index (χ1v) is 8.74. The minimum Gasteiger partial charge on any atom is -0.545 e. The Morgan fingerprint density at radius 1 is 1.04 bits per heavy atom. The van der Waals surface area contributed by atoms with Gasteiger partial charge in [-0.05, 0) is 43.0 Å². The molecule has 0 aliphatic carbocycles. The van der Waals surface area contributed by atoms with E-state index in [0.717, 1.165) is 26.2 Å². The van der Waals surface area contributed by atoms with Crippen molar-refractivity contribution >= 4 is 17.6 Å². The van der Waals surface area contributed by atoms with Crippen molar-refractivity contribution in [1.82, 2.24) is 9.47 Å². The van der Waals surface area contributed by atoms with Gasteiger partial charge < -0.3 is 34.2 Å². The van der Waals surface area contributed by atoms with E-state index in [0.29, 0.717) is 18.2 Å². The number of aliphatic carboxylic acids is 2. The van der Waals surface area contributed by atoms with Crippen molar-refractivity contribution in [2.24, 2.45) is 0 Å². The first-order valence-electron chi connectivity index (χ1n) is 8.74. The van der Waals surface area contributed by atoms with E-state index in [4.69, 9.17) is 0 Å². The summed E-state index contributed by atoms with van der Waals surface area (Å²) in [5.74, 6) is -3.09. The monoisotopic (exact) mass is 367 g/mol. The fourth-order valence-electron chi connectivity index (χ4n) is 3.58. The zero-order valence-electron chi connectivity index (χ0n) is 15.1. The Labute approximate surface area is 157 Å². The lowest BCUT2D eigenvalue weighted by Gasteiger charge is -2.41. The maximum Gasteiger partial charge on any atom is 0.0820 e. The van der Waals surface area contributed by atoms with Crippen LogP contribution in [0, 0.1) is 0 Å². The highest BCUT2D eigenvalue weighted by atomic mass is 16.4. The third-order valence-electron chi connectivity index (χ3n) is 4.79. The maximum absolute atomic E-state index is 9.41. The number of hydrogen-bond donors (Lipinski definition) is 0. The lowest BCUT2D eigenvalue weighted by Crippen LogP contribution is -2.47. The number of piperazine rings is 1. The van der Waals surface area contributed by atoms with Gasteiger partial charge in [-0.25, -0.2) is 0 Å². The predicted octanol–water partition coefficient (Wildman–Crippen LogP) is -0.615. The smallest absolute Gasteiger partial charge is 0.0820 e. The third kappa shape index (κ3) is 4.38. The molecule has 7 nitrogen and oxygen atoms in total. The molecule has 0 spiro atoms. The molecule has 2 aliphatic heterocycles. The fraction of sp³-hybridized carbons (Fsp3) is 0.300. The zero-order chi connectivity index (χ0) is 19.4. The first-order chi connectivity index (χ1) is 13.0. The van der Waals surface area contributed by atoms with Crippen LogP contribution in [0.25, 0.3) is 0 Å². The number of likely N-dealkylation sites (N-methyl/N-ethyl adjacent to an activating group) is 1. The first kappa shape index (κ1) is 18.7. The van der Waals surface area contributed by atoms with Crippen molar-refractivity contribution < 1.29 is 19.8 Å². The SMILES string of the molecule is CN1CCN2c3ccccc3Cn3cccc3C2C1.O=C([O-])/C=C\C(=O)[O-]. The van der Waals surface area contributed by atoms with Crippen LogP contribution in [0.4, 0.5) is 5.69 Å². The van der Waals surface area contributed by atoms with E-state index in [2.05, 4.69) is 64.0 Å². The number of fused-ring (bicyclic) bond motifs is 5. The Morgan fingerprint density at radius 3 is 2.44 bits per heavy atom. The molecule has 1 aromatic carbocycles. The van der Waals surface area contributed by atoms with Gasteiger partial charge in [-0.3, -0.25) is 0 Å². The van der Waals surface area contributed by atoms with Crippen LogP contribution >= 0.6 is 0 Å². The van der Waals surface area contributed by atoms with Gasteiger partial charge >= 0.3 is 0 Å². The molecular weight excluding hydrogens is 346 g/mol. The van der Waals surface area contributed by atoms with Gasteiger partial charge in [-0.15, -0.1) is 0 Å². The number of para-hydroxylation sites is 1. The Morgan fingerprint density at radius 2 is 1.74 bits per heavy atom. The summed E-state index contributed by atoms with van der Waals surface area (Å²) in [6.07, 6.45) is 2.98. The van der Waals surface area contributed by atoms with Crippen LogP contribution < -0.4 is 15.1 Å². The van der Waals surface area contributed by atoms with Crippen LogP contribution in [0.15, 0.2) is 54.7 Å². The zero-order valence-corrected chi connectivity index (χ0v) is 15.1. The summed E-state index contributed by atoms with van der Waals surface area (Å²) in [5, 5.41) is 18.8. The molecule has 1 fully saturated rings. The maximum atomic E-state index is 9.41. The van der Waals surface area contributed by atoms with Crippen molar-refractivity contribution in [2.75, 3.05) is 31.6 Å². The number of anilines is 1. The van der Waals surface area contributed by atoms with Gasteiger partial charge in [0.05, 0.1) is 18.0 Å². The highest BCUT2D eigenvalue weighted by Crippen LogP contribution is 2.36. The van der Waals surface area contributed by atoms with Crippen LogP contribution in [0.2, 0.25) is 0 Å². The molecule has 1 atom stereocenters. The van der Waals surface area contributed by atoms with E-state index in [1.807, 2.05) is 0 Å². The predicted molar refractivity (Wildman–Crippen MR) is 96.7 cm³/mol. The molecule has 2 aliphatic rings. The molecule has 3 heterocycles. The molecule has 0 bridgehead atoms. The topological polar surface area (TPSA) is 91.7 Å². The highest BCUT2D eigenvalue weighted by molar-refractivity contribution is 5.87. The van der Waals surface area contributed by atoms with E-state index in [9.17, 15) is 19.8 Å². The molecule has 1 saturated heterocycles. The van der Waals surface area contributed by atoms with Gasteiger partial charge in [-0.1, -0.05) is 18.2 Å². The second-order valence-corrected chi connectivity index (χ2v) is 6.63. The summed E-state index contributed by atoms with van der Waals surface area (Å²) < 4.78 is 2.41. The Kier molecular flexibility index (Phi) is 5.61. The van der Waals surface area contributed by atoms with Crippen molar-refractivity contribution in [1.29, 1.82) is 0 Å². The van der Waals surface area contributed by atoms with Crippen LogP contribution in [-0.4, -0.2) is 48.1 Å². The molecule has 0 saturated carbocycles. The lowest BCUT2D eigenvalue weighted by molar-refractivity contribution is -0.301. The number of hydrogen-bond acceptors (Lipinski definition) is 6. The Hall–Kier alpha value is -3.06. The average Bonchev–Trinajstić information content (AvgIpc) is 3.04. The average molecular weight is 367 g/mol. The van der Waals surface area contributed by atoms with Gasteiger partial charge in [0.25, 0.3) is 0 Å². The van der Waals surface area contributed by atoms with E-state index in [-0.39, 0.29) is 0 Å². The van der Waals surface area contributed by atoms with Gasteiger partial charge in [0.1, 0.15) is 0 Å². The Balaban J connectivity index is 0.000000226. The second-order valence-electron chi connectivity index (χ2n) is 6.63. The van der Waals surface area contributed by atoms with Gasteiger partial charge in [0.15, 0.2) is 0 Å². The van der Waals surface area contributed by atoms with Crippen molar-refractivity contribution in [3.05, 3.63) is 66.0 Å². The quantitative estimate of drug-likeness (QED) is 0.658. The molecular formula is C20H21N3O4-2. The molecule has 4 rings (SSSR count). The van der Waals surface area contributed by atoms with Gasteiger partial charge in [-0.2, -0.15) is 0 Å². The molecule has 2 aromatic rings. The normalized spacial score (nSPS) is 18.6. The fourth-order valence-corrected chi connectivity index (χ4v) is 3.58. The summed E-state index contributed by atoms with van der Waals surface area (Å²) in [4.78, 5) is 23.9. The third-order valence-corrected chi connectivity index (χ3v) is 4.79. The molecule has 7 heteroatoms. The molecule has 0 radical (unpaired) electrons. The minimum atomic E-state index is -1.55. The van der Waals surface area contributed by atoms with Crippen LogP contribution in [0.1, 0.15) is 17.3 Å². The summed E-state index contributed by atoms with van der Waals surface area (Å²) >= 11 is 0. The molecule has 1 aromatic heterocycles. The Bertz CT molecular complexity index is 842. The second kappa shape index (κ2) is 8.09. The largest absolute Gasteiger partial charge is 0.545 e. The van der Waals surface area contributed by atoms with E-state index in [1.54, 1.807) is 0 Å². The van der Waals surface area contributed by atoms with Crippen molar-refractivity contribution in [2.45, 2.75) is 12.6 Å². The summed E-state index contributed by atoms with van der Waals surface area (Å²) in [5.41, 5.74) is 4.30. The standard InChI is InChI=1S/C16H19N3.C4H4O4/c1-17-9-10-19-14-6-3-2-5-13(14)11-18-8-4-7-15(18)16(19)12-17;5-3(6)1-2-4(7)8/h2-8,16H,9-12H2,1H3;1-2H,(H,5,6)(H,7,8)/p-2/b;2-1-. The number of carboxylic acids is 2. The molecule has 27 heavy (non-hydrogen) atoms. The number of rotatable bonds is 2. The van der Waals surface area contributed by atoms with E-state index >= 15 is 0 Å². The van der Waals surface area contributed by atoms with Crippen LogP contribution in [0.5, 0.6) is 0 Å². The summed E-state index contributed by atoms with van der Waals surface area (Å²) in [6, 6.07) is 13.8. The number of aromatic nitrogens is 1. The number of nitrogens with zero attached hydrogens (tertiary/aromatic N) is 3. The minimum absolute atomic E-state index is 0.384. The van der Waals surface area contributed by atoms with Crippen molar-refractivity contribution in [3.8, 4) is 0 Å². The number of carboxylic acid groups (broad SMARTS) is 2. The van der Waals surface area contributed by atoms with E-state index in [1.165, 1.54) is 16.9 Å². The number of benzene rings is 1. The molecule has 142 valence electrons. The molecule has 0 N–H and O–H groups in total. The van der Waals surface area contributed by atoms with Crippen LogP contribution in [0.3, 0.4) is 0 Å². The van der Waals surface area contributed by atoms with Crippen LogP contribution in [-0.2, 0) is 16.1 Å². The molecule has 1 unspecified atom stereocenters. The lowest BCUT2D eigenvalue weighted by atomic mass is 10.1. The van der Waals surface area contributed by atoms with Gasteiger partial charge in [0, 0.05) is 43.8 Å².